The Morgan fingerprint density at radius 2 is 2.04 bits per heavy atom. The number of aryl methyl sites for hydroxylation is 1. The predicted octanol–water partition coefficient (Wildman–Crippen LogP) is 6.79. The normalized spacial score (nSPS) is 18.1. The van der Waals surface area contributed by atoms with Crippen LogP contribution < -0.4 is 0 Å². The van der Waals surface area contributed by atoms with Gasteiger partial charge in [0.1, 0.15) is 5.60 Å². The van der Waals surface area contributed by atoms with Gasteiger partial charge in [0.2, 0.25) is 0 Å². The second-order valence-electron chi connectivity index (χ2n) is 8.69. The molecule has 2 unspecified atom stereocenters. The van der Waals surface area contributed by atoms with E-state index in [0.717, 1.165) is 37.6 Å². The van der Waals surface area contributed by atoms with Gasteiger partial charge >= 0.3 is 6.09 Å². The SMILES string of the molecule is CC1CCCN(C(=O)OC(C)(C)C)C1.CCCOC(C)c1cc(Cl)ccc1C. The summed E-state index contributed by atoms with van der Waals surface area (Å²) >= 11 is 5.94. The Hall–Kier alpha value is -1.26. The number of hydrogen-bond acceptors (Lipinski definition) is 3. The Bertz CT molecular complexity index is 612. The van der Waals surface area contributed by atoms with Crippen LogP contribution in [-0.2, 0) is 9.47 Å². The van der Waals surface area contributed by atoms with Crippen LogP contribution in [-0.4, -0.2) is 36.3 Å². The van der Waals surface area contributed by atoms with Gasteiger partial charge in [-0.2, -0.15) is 0 Å². The van der Waals surface area contributed by atoms with E-state index in [1.807, 2.05) is 43.9 Å². The molecule has 0 aliphatic carbocycles. The summed E-state index contributed by atoms with van der Waals surface area (Å²) in [6.07, 6.45) is 3.33. The average molecular weight is 412 g/mol. The lowest BCUT2D eigenvalue weighted by molar-refractivity contribution is 0.0174. The lowest BCUT2D eigenvalue weighted by atomic mass is 10.0. The molecule has 0 bridgehead atoms. The number of carbonyl (C=O) groups excluding carboxylic acids is 1. The second kappa shape index (κ2) is 11.7. The molecular formula is C23H38ClNO3. The van der Waals surface area contributed by atoms with Crippen LogP contribution in [0.2, 0.25) is 5.02 Å². The number of piperidine rings is 1. The predicted molar refractivity (Wildman–Crippen MR) is 117 cm³/mol. The monoisotopic (exact) mass is 411 g/mol. The molecule has 1 amide bonds. The zero-order valence-electron chi connectivity index (χ0n) is 18.7. The van der Waals surface area contributed by atoms with Gasteiger partial charge in [-0.15, -0.1) is 0 Å². The topological polar surface area (TPSA) is 38.8 Å². The Labute approximate surface area is 176 Å². The first kappa shape index (κ1) is 24.8. The Kier molecular flexibility index (Phi) is 10.3. The van der Waals surface area contributed by atoms with Crippen molar-refractivity contribution in [3.8, 4) is 0 Å². The third-order valence-corrected chi connectivity index (χ3v) is 4.80. The summed E-state index contributed by atoms with van der Waals surface area (Å²) in [5.41, 5.74) is 2.04. The van der Waals surface area contributed by atoms with Crippen molar-refractivity contribution in [3.05, 3.63) is 34.3 Å². The van der Waals surface area contributed by atoms with Gasteiger partial charge in [-0.3, -0.25) is 0 Å². The molecule has 0 N–H and O–H groups in total. The highest BCUT2D eigenvalue weighted by Gasteiger charge is 2.25. The van der Waals surface area contributed by atoms with E-state index >= 15 is 0 Å². The zero-order valence-corrected chi connectivity index (χ0v) is 19.4. The molecule has 2 rings (SSSR count). The van der Waals surface area contributed by atoms with E-state index in [1.54, 1.807) is 0 Å². The van der Waals surface area contributed by atoms with Crippen molar-refractivity contribution in [2.75, 3.05) is 19.7 Å². The van der Waals surface area contributed by atoms with Crippen LogP contribution in [0, 0.1) is 12.8 Å². The molecule has 1 heterocycles. The van der Waals surface area contributed by atoms with E-state index in [4.69, 9.17) is 21.1 Å². The lowest BCUT2D eigenvalue weighted by Gasteiger charge is -2.32. The molecular weight excluding hydrogens is 374 g/mol. The minimum atomic E-state index is -0.377. The number of hydrogen-bond donors (Lipinski definition) is 0. The Morgan fingerprint density at radius 1 is 1.36 bits per heavy atom. The van der Waals surface area contributed by atoms with Crippen molar-refractivity contribution in [1.29, 1.82) is 0 Å². The van der Waals surface area contributed by atoms with E-state index in [2.05, 4.69) is 27.7 Å². The largest absolute Gasteiger partial charge is 0.444 e. The van der Waals surface area contributed by atoms with Crippen LogP contribution >= 0.6 is 11.6 Å². The molecule has 0 radical (unpaired) electrons. The van der Waals surface area contributed by atoms with E-state index < -0.39 is 0 Å². The first-order valence-electron chi connectivity index (χ1n) is 10.4. The molecule has 0 spiro atoms. The molecule has 4 nitrogen and oxygen atoms in total. The molecule has 2 atom stereocenters. The number of nitrogens with zero attached hydrogens (tertiary/aromatic N) is 1. The van der Waals surface area contributed by atoms with Gasteiger partial charge < -0.3 is 14.4 Å². The van der Waals surface area contributed by atoms with E-state index in [0.29, 0.717) is 5.92 Å². The first-order valence-corrected chi connectivity index (χ1v) is 10.8. The summed E-state index contributed by atoms with van der Waals surface area (Å²) in [7, 11) is 0. The molecule has 1 aliphatic heterocycles. The van der Waals surface area contributed by atoms with Crippen LogP contribution in [0.5, 0.6) is 0 Å². The molecule has 1 aliphatic rings. The number of ether oxygens (including phenoxy) is 2. The summed E-state index contributed by atoms with van der Waals surface area (Å²) in [5.74, 6) is 0.608. The highest BCUT2D eigenvalue weighted by Crippen LogP contribution is 2.24. The van der Waals surface area contributed by atoms with Gasteiger partial charge in [0.15, 0.2) is 0 Å². The van der Waals surface area contributed by atoms with Crippen LogP contribution in [0.4, 0.5) is 4.79 Å². The number of carbonyl (C=O) groups is 1. The smallest absolute Gasteiger partial charge is 0.410 e. The fraction of sp³-hybridized carbons (Fsp3) is 0.696. The minimum absolute atomic E-state index is 0.133. The molecule has 1 aromatic carbocycles. The molecule has 28 heavy (non-hydrogen) atoms. The third kappa shape index (κ3) is 9.29. The zero-order chi connectivity index (χ0) is 21.3. The fourth-order valence-corrected chi connectivity index (χ4v) is 3.30. The maximum atomic E-state index is 11.7. The standard InChI is InChI=1S/C12H17ClO.C11H21NO2/c1-4-7-14-10(3)12-8-11(13)6-5-9(12)2;1-9-6-5-7-12(8-9)10(13)14-11(2,3)4/h5-6,8,10H,4,7H2,1-3H3;9H,5-8H2,1-4H3. The number of rotatable bonds is 4. The number of likely N-dealkylation sites (tertiary alicyclic amines) is 1. The van der Waals surface area contributed by atoms with Gasteiger partial charge in [-0.25, -0.2) is 4.79 Å². The maximum Gasteiger partial charge on any atom is 0.410 e. The van der Waals surface area contributed by atoms with E-state index in [1.165, 1.54) is 17.5 Å². The summed E-state index contributed by atoms with van der Waals surface area (Å²) < 4.78 is 11.0. The van der Waals surface area contributed by atoms with Gasteiger partial charge in [0.25, 0.3) is 0 Å². The Balaban J connectivity index is 0.000000280. The van der Waals surface area contributed by atoms with Gasteiger partial charge in [0.05, 0.1) is 6.10 Å². The highest BCUT2D eigenvalue weighted by atomic mass is 35.5. The summed E-state index contributed by atoms with van der Waals surface area (Å²) in [6.45, 7) is 16.6. The van der Waals surface area contributed by atoms with Gasteiger partial charge in [-0.1, -0.05) is 31.5 Å². The van der Waals surface area contributed by atoms with Gasteiger partial charge in [0, 0.05) is 24.7 Å². The Morgan fingerprint density at radius 3 is 2.61 bits per heavy atom. The fourth-order valence-electron chi connectivity index (χ4n) is 3.12. The minimum Gasteiger partial charge on any atom is -0.444 e. The summed E-state index contributed by atoms with van der Waals surface area (Å²) in [5, 5.41) is 0.776. The van der Waals surface area contributed by atoms with Crippen LogP contribution in [0.25, 0.3) is 0 Å². The first-order chi connectivity index (χ1) is 13.0. The molecule has 1 saturated heterocycles. The molecule has 0 saturated carbocycles. The van der Waals surface area contributed by atoms with Crippen molar-refractivity contribution in [2.45, 2.75) is 79.4 Å². The quantitative estimate of drug-likeness (QED) is 0.547. The van der Waals surface area contributed by atoms with Crippen LogP contribution in [0.3, 0.4) is 0 Å². The highest BCUT2D eigenvalue weighted by molar-refractivity contribution is 6.30. The van der Waals surface area contributed by atoms with Crippen molar-refractivity contribution in [3.63, 3.8) is 0 Å². The van der Waals surface area contributed by atoms with Crippen molar-refractivity contribution < 1.29 is 14.3 Å². The molecule has 0 aromatic heterocycles. The van der Waals surface area contributed by atoms with Crippen LogP contribution in [0.15, 0.2) is 18.2 Å². The molecule has 1 fully saturated rings. The van der Waals surface area contributed by atoms with Gasteiger partial charge in [-0.05, 0) is 83.1 Å². The maximum absolute atomic E-state index is 11.7. The number of benzene rings is 1. The molecule has 160 valence electrons. The third-order valence-electron chi connectivity index (χ3n) is 4.56. The summed E-state index contributed by atoms with van der Waals surface area (Å²) in [4.78, 5) is 13.5. The van der Waals surface area contributed by atoms with E-state index in [-0.39, 0.29) is 17.8 Å². The number of halogens is 1. The van der Waals surface area contributed by atoms with Crippen molar-refractivity contribution in [1.82, 2.24) is 4.90 Å². The lowest BCUT2D eigenvalue weighted by Crippen LogP contribution is -2.42. The average Bonchev–Trinajstić information content (AvgIpc) is 2.61. The second-order valence-corrected chi connectivity index (χ2v) is 9.12. The van der Waals surface area contributed by atoms with Crippen molar-refractivity contribution in [2.24, 2.45) is 5.92 Å². The molecule has 1 aromatic rings. The molecule has 5 heteroatoms. The van der Waals surface area contributed by atoms with Crippen LogP contribution in [0.1, 0.15) is 78.0 Å². The van der Waals surface area contributed by atoms with E-state index in [9.17, 15) is 4.79 Å². The van der Waals surface area contributed by atoms with Crippen molar-refractivity contribution >= 4 is 17.7 Å². The summed E-state index contributed by atoms with van der Waals surface area (Å²) in [6, 6.07) is 5.92. The number of amides is 1.